The van der Waals surface area contributed by atoms with Crippen LogP contribution >= 0.6 is 0 Å². The van der Waals surface area contributed by atoms with Crippen LogP contribution in [-0.2, 0) is 13.0 Å². The van der Waals surface area contributed by atoms with Crippen molar-refractivity contribution < 1.29 is 0 Å². The molecule has 0 spiro atoms. The fourth-order valence-corrected chi connectivity index (χ4v) is 3.24. The van der Waals surface area contributed by atoms with Crippen LogP contribution in [0.15, 0.2) is 12.4 Å². The van der Waals surface area contributed by atoms with E-state index in [4.69, 9.17) is 0 Å². The summed E-state index contributed by atoms with van der Waals surface area (Å²) in [5, 5.41) is 8.10. The molecule has 3 nitrogen and oxygen atoms in total. The van der Waals surface area contributed by atoms with Crippen LogP contribution in [0, 0.1) is 11.8 Å². The minimum absolute atomic E-state index is 0.856. The van der Waals surface area contributed by atoms with Gasteiger partial charge in [0.25, 0.3) is 0 Å². The first-order chi connectivity index (χ1) is 8.85. The number of hydrogen-bond donors (Lipinski definition) is 1. The molecule has 2 saturated carbocycles. The summed E-state index contributed by atoms with van der Waals surface area (Å²) < 4.78 is 2.04. The maximum Gasteiger partial charge on any atom is 0.0521 e. The Morgan fingerprint density at radius 1 is 1.28 bits per heavy atom. The molecule has 3 heteroatoms. The van der Waals surface area contributed by atoms with Crippen LogP contribution in [-0.4, -0.2) is 22.4 Å². The molecule has 0 saturated heterocycles. The quantitative estimate of drug-likeness (QED) is 0.837. The Hall–Kier alpha value is -0.830. The number of rotatable bonds is 6. The largest absolute Gasteiger partial charge is 0.314 e. The first-order valence-corrected chi connectivity index (χ1v) is 7.60. The van der Waals surface area contributed by atoms with Crippen molar-refractivity contribution in [1.82, 2.24) is 15.1 Å². The average Bonchev–Trinajstić information content (AvgIpc) is 2.93. The average molecular weight is 247 g/mol. The van der Waals surface area contributed by atoms with Crippen molar-refractivity contribution >= 4 is 0 Å². The minimum atomic E-state index is 0.856. The summed E-state index contributed by atoms with van der Waals surface area (Å²) in [5.41, 5.74) is 1.43. The fourth-order valence-electron chi connectivity index (χ4n) is 3.24. The Labute approximate surface area is 110 Å². The topological polar surface area (TPSA) is 29.9 Å². The van der Waals surface area contributed by atoms with Crippen molar-refractivity contribution in [2.75, 3.05) is 6.54 Å². The van der Waals surface area contributed by atoms with Crippen LogP contribution in [0.2, 0.25) is 0 Å². The molecule has 0 bridgehead atoms. The summed E-state index contributed by atoms with van der Waals surface area (Å²) in [6, 6.07) is 0.856. The van der Waals surface area contributed by atoms with Crippen molar-refractivity contribution in [1.29, 1.82) is 0 Å². The van der Waals surface area contributed by atoms with Gasteiger partial charge in [0.05, 0.1) is 6.20 Å². The van der Waals surface area contributed by atoms with Crippen molar-refractivity contribution in [3.05, 3.63) is 18.0 Å². The molecular weight excluding hydrogens is 222 g/mol. The molecule has 0 aromatic carbocycles. The highest BCUT2D eigenvalue weighted by Crippen LogP contribution is 2.34. The van der Waals surface area contributed by atoms with Crippen molar-refractivity contribution in [3.63, 3.8) is 0 Å². The molecule has 2 aliphatic carbocycles. The molecule has 2 atom stereocenters. The Morgan fingerprint density at radius 3 is 2.83 bits per heavy atom. The summed E-state index contributed by atoms with van der Waals surface area (Å²) in [7, 11) is 0. The van der Waals surface area contributed by atoms with Gasteiger partial charge in [0, 0.05) is 18.8 Å². The van der Waals surface area contributed by atoms with Gasteiger partial charge in [-0.3, -0.25) is 4.68 Å². The fraction of sp³-hybridized carbons (Fsp3) is 0.800. The molecule has 0 radical (unpaired) electrons. The third kappa shape index (κ3) is 2.94. The number of nitrogens with zero attached hydrogens (tertiary/aromatic N) is 2. The van der Waals surface area contributed by atoms with Crippen LogP contribution in [0.25, 0.3) is 0 Å². The van der Waals surface area contributed by atoms with Gasteiger partial charge in [0.1, 0.15) is 0 Å². The molecule has 2 aliphatic rings. The van der Waals surface area contributed by atoms with E-state index in [0.717, 1.165) is 24.4 Å². The third-order valence-electron chi connectivity index (χ3n) is 4.57. The second-order valence-corrected chi connectivity index (χ2v) is 6.04. The van der Waals surface area contributed by atoms with Gasteiger partial charge >= 0.3 is 0 Å². The molecule has 1 N–H and O–H groups in total. The smallest absolute Gasteiger partial charge is 0.0521 e. The van der Waals surface area contributed by atoms with Crippen molar-refractivity contribution in [2.24, 2.45) is 11.8 Å². The molecule has 3 rings (SSSR count). The van der Waals surface area contributed by atoms with Crippen molar-refractivity contribution in [3.8, 4) is 0 Å². The standard InChI is InChI=1S/C15H25N3/c1-2-18-11-12(9-17-18)8-13-4-3-5-14(13)10-16-15-6-7-15/h9,11,13-16H,2-8,10H2,1H3. The van der Waals surface area contributed by atoms with Crippen LogP contribution in [0.3, 0.4) is 0 Å². The molecule has 1 heterocycles. The number of aromatic nitrogens is 2. The predicted octanol–water partition coefficient (Wildman–Crippen LogP) is 2.61. The predicted molar refractivity (Wildman–Crippen MR) is 73.5 cm³/mol. The monoisotopic (exact) mass is 247 g/mol. The molecule has 0 amide bonds. The normalized spacial score (nSPS) is 27.8. The lowest BCUT2D eigenvalue weighted by atomic mass is 9.90. The summed E-state index contributed by atoms with van der Waals surface area (Å²) in [4.78, 5) is 0. The van der Waals surface area contributed by atoms with E-state index in [2.05, 4.69) is 29.7 Å². The summed E-state index contributed by atoms with van der Waals surface area (Å²) in [5.74, 6) is 1.78. The number of hydrogen-bond acceptors (Lipinski definition) is 2. The SMILES string of the molecule is CCn1cc(CC2CCCC2CNC2CC2)cn1. The second kappa shape index (κ2) is 5.43. The van der Waals surface area contributed by atoms with Gasteiger partial charge in [0.15, 0.2) is 0 Å². The van der Waals surface area contributed by atoms with E-state index in [1.165, 1.54) is 50.6 Å². The molecule has 100 valence electrons. The van der Waals surface area contributed by atoms with E-state index in [1.807, 2.05) is 4.68 Å². The minimum Gasteiger partial charge on any atom is -0.314 e. The lowest BCUT2D eigenvalue weighted by molar-refractivity contribution is 0.364. The van der Waals surface area contributed by atoms with Gasteiger partial charge in [-0.15, -0.1) is 0 Å². The molecule has 1 aromatic heterocycles. The molecule has 1 aromatic rings. The maximum absolute atomic E-state index is 4.39. The highest BCUT2D eigenvalue weighted by atomic mass is 15.3. The first-order valence-electron chi connectivity index (χ1n) is 7.60. The Kier molecular flexibility index (Phi) is 3.69. The zero-order valence-electron chi connectivity index (χ0n) is 11.4. The molecular formula is C15H25N3. The maximum atomic E-state index is 4.39. The van der Waals surface area contributed by atoms with Crippen LogP contribution in [0.1, 0.15) is 44.6 Å². The van der Waals surface area contributed by atoms with Crippen LogP contribution in [0.4, 0.5) is 0 Å². The summed E-state index contributed by atoms with van der Waals surface area (Å²) >= 11 is 0. The lowest BCUT2D eigenvalue weighted by Crippen LogP contribution is -2.27. The van der Waals surface area contributed by atoms with Crippen molar-refractivity contribution in [2.45, 2.75) is 58.0 Å². The summed E-state index contributed by atoms with van der Waals surface area (Å²) in [6.45, 7) is 4.38. The summed E-state index contributed by atoms with van der Waals surface area (Å²) in [6.07, 6.45) is 12.6. The Bertz CT molecular complexity index is 381. The Morgan fingerprint density at radius 2 is 2.11 bits per heavy atom. The van der Waals surface area contributed by atoms with Gasteiger partial charge < -0.3 is 5.32 Å². The van der Waals surface area contributed by atoms with Crippen LogP contribution < -0.4 is 5.32 Å². The third-order valence-corrected chi connectivity index (χ3v) is 4.57. The lowest BCUT2D eigenvalue weighted by Gasteiger charge is -2.19. The second-order valence-electron chi connectivity index (χ2n) is 6.04. The van der Waals surface area contributed by atoms with E-state index in [9.17, 15) is 0 Å². The van der Waals surface area contributed by atoms with Gasteiger partial charge in [0.2, 0.25) is 0 Å². The van der Waals surface area contributed by atoms with Gasteiger partial charge in [-0.2, -0.15) is 5.10 Å². The first kappa shape index (κ1) is 12.2. The van der Waals surface area contributed by atoms with Gasteiger partial charge in [-0.1, -0.05) is 6.42 Å². The highest BCUT2D eigenvalue weighted by molar-refractivity contribution is 5.06. The Balaban J connectivity index is 1.53. The number of nitrogens with one attached hydrogen (secondary N) is 1. The van der Waals surface area contributed by atoms with E-state index in [-0.39, 0.29) is 0 Å². The van der Waals surface area contributed by atoms with E-state index in [1.54, 1.807) is 0 Å². The molecule has 2 unspecified atom stereocenters. The molecule has 2 fully saturated rings. The van der Waals surface area contributed by atoms with E-state index in [0.29, 0.717) is 0 Å². The van der Waals surface area contributed by atoms with Gasteiger partial charge in [-0.25, -0.2) is 0 Å². The highest BCUT2D eigenvalue weighted by Gasteiger charge is 2.29. The number of aryl methyl sites for hydroxylation is 1. The van der Waals surface area contributed by atoms with E-state index < -0.39 is 0 Å². The molecule has 0 aliphatic heterocycles. The molecule has 18 heavy (non-hydrogen) atoms. The van der Waals surface area contributed by atoms with E-state index >= 15 is 0 Å². The van der Waals surface area contributed by atoms with Crippen LogP contribution in [0.5, 0.6) is 0 Å². The zero-order chi connectivity index (χ0) is 12.4. The van der Waals surface area contributed by atoms with Gasteiger partial charge in [-0.05, 0) is 63.0 Å². The zero-order valence-corrected chi connectivity index (χ0v) is 11.4.